The number of hydrogen-bond donors (Lipinski definition) is 1. The Labute approximate surface area is 180 Å². The van der Waals surface area contributed by atoms with E-state index in [0.29, 0.717) is 23.7 Å². The van der Waals surface area contributed by atoms with Gasteiger partial charge in [0.15, 0.2) is 11.5 Å². The van der Waals surface area contributed by atoms with E-state index in [9.17, 15) is 14.4 Å². The Kier molecular flexibility index (Phi) is 8.25. The Bertz CT molecular complexity index is 945. The van der Waals surface area contributed by atoms with Crippen LogP contribution in [0.25, 0.3) is 0 Å². The first-order valence-corrected chi connectivity index (χ1v) is 9.27. The van der Waals surface area contributed by atoms with Gasteiger partial charge in [0.05, 0.1) is 52.4 Å². The van der Waals surface area contributed by atoms with Gasteiger partial charge in [-0.1, -0.05) is 0 Å². The van der Waals surface area contributed by atoms with Crippen LogP contribution in [0.1, 0.15) is 32.7 Å². The number of nitrogens with one attached hydrogen (secondary N) is 1. The van der Waals surface area contributed by atoms with Crippen molar-refractivity contribution >= 4 is 23.5 Å². The zero-order chi connectivity index (χ0) is 23.0. The molecule has 0 aromatic heterocycles. The summed E-state index contributed by atoms with van der Waals surface area (Å²) in [4.78, 5) is 36.4. The van der Waals surface area contributed by atoms with Crippen molar-refractivity contribution in [3.63, 3.8) is 0 Å². The average Bonchev–Trinajstić information content (AvgIpc) is 2.80. The van der Waals surface area contributed by atoms with E-state index in [-0.39, 0.29) is 29.1 Å². The SMILES string of the molecule is COC(=O)c1ccc(C(=O)OC)c(NC(=O)CCc2cc(OC)c(OC)c(OC)c2)c1. The lowest BCUT2D eigenvalue weighted by Crippen LogP contribution is -2.17. The molecule has 0 saturated carbocycles. The van der Waals surface area contributed by atoms with Crippen LogP contribution in [0.3, 0.4) is 0 Å². The lowest BCUT2D eigenvalue weighted by atomic mass is 10.1. The maximum absolute atomic E-state index is 12.6. The Hall–Kier alpha value is -3.75. The standard InChI is InChI=1S/C22H25NO8/c1-27-17-10-13(11-18(28-2)20(17)29-3)6-9-19(24)23-16-12-14(21(25)30-4)7-8-15(16)22(26)31-5/h7-8,10-12H,6,9H2,1-5H3,(H,23,24). The number of rotatable bonds is 9. The van der Waals surface area contributed by atoms with Crippen molar-refractivity contribution in [2.24, 2.45) is 0 Å². The zero-order valence-corrected chi connectivity index (χ0v) is 18.1. The number of methoxy groups -OCH3 is 5. The largest absolute Gasteiger partial charge is 0.493 e. The molecule has 0 spiro atoms. The number of anilines is 1. The molecule has 0 saturated heterocycles. The van der Waals surface area contributed by atoms with Crippen LogP contribution in [0.15, 0.2) is 30.3 Å². The van der Waals surface area contributed by atoms with E-state index in [1.54, 1.807) is 12.1 Å². The molecule has 0 heterocycles. The molecule has 31 heavy (non-hydrogen) atoms. The van der Waals surface area contributed by atoms with Gasteiger partial charge in [0.1, 0.15) is 0 Å². The molecule has 1 N–H and O–H groups in total. The maximum atomic E-state index is 12.6. The highest BCUT2D eigenvalue weighted by Crippen LogP contribution is 2.38. The predicted octanol–water partition coefficient (Wildman–Crippen LogP) is 2.86. The lowest BCUT2D eigenvalue weighted by molar-refractivity contribution is -0.116. The molecule has 0 atom stereocenters. The van der Waals surface area contributed by atoms with E-state index in [0.717, 1.165) is 5.56 Å². The minimum absolute atomic E-state index is 0.0989. The van der Waals surface area contributed by atoms with Gasteiger partial charge in [-0.05, 0) is 42.3 Å². The van der Waals surface area contributed by atoms with Crippen molar-refractivity contribution in [3.8, 4) is 17.2 Å². The molecule has 9 heteroatoms. The average molecular weight is 431 g/mol. The number of carbonyl (C=O) groups is 3. The number of esters is 2. The van der Waals surface area contributed by atoms with Crippen LogP contribution in [0.4, 0.5) is 5.69 Å². The van der Waals surface area contributed by atoms with Gasteiger partial charge < -0.3 is 29.0 Å². The van der Waals surface area contributed by atoms with Crippen molar-refractivity contribution in [2.75, 3.05) is 40.9 Å². The van der Waals surface area contributed by atoms with Crippen molar-refractivity contribution in [2.45, 2.75) is 12.8 Å². The summed E-state index contributed by atoms with van der Waals surface area (Å²) in [5.41, 5.74) is 1.26. The molecule has 0 radical (unpaired) electrons. The second-order valence-corrected chi connectivity index (χ2v) is 6.33. The molecule has 0 aliphatic carbocycles. The van der Waals surface area contributed by atoms with Gasteiger partial charge in [-0.3, -0.25) is 4.79 Å². The first-order chi connectivity index (χ1) is 14.9. The van der Waals surface area contributed by atoms with Crippen molar-refractivity contribution in [1.29, 1.82) is 0 Å². The summed E-state index contributed by atoms with van der Waals surface area (Å²) in [6.45, 7) is 0. The molecule has 0 unspecified atom stereocenters. The molecule has 0 fully saturated rings. The van der Waals surface area contributed by atoms with Gasteiger partial charge in [-0.2, -0.15) is 0 Å². The van der Waals surface area contributed by atoms with E-state index in [2.05, 4.69) is 10.1 Å². The molecule has 2 aromatic carbocycles. The van der Waals surface area contributed by atoms with Crippen LogP contribution in [-0.4, -0.2) is 53.4 Å². The lowest BCUT2D eigenvalue weighted by Gasteiger charge is -2.14. The predicted molar refractivity (Wildman–Crippen MR) is 112 cm³/mol. The number of ether oxygens (including phenoxy) is 5. The van der Waals surface area contributed by atoms with Crippen LogP contribution in [0.2, 0.25) is 0 Å². The number of carbonyl (C=O) groups excluding carboxylic acids is 3. The number of aryl methyl sites for hydroxylation is 1. The minimum Gasteiger partial charge on any atom is -0.493 e. The summed E-state index contributed by atoms with van der Waals surface area (Å²) >= 11 is 0. The van der Waals surface area contributed by atoms with Crippen molar-refractivity contribution in [3.05, 3.63) is 47.0 Å². The fourth-order valence-electron chi connectivity index (χ4n) is 2.93. The van der Waals surface area contributed by atoms with Crippen LogP contribution in [-0.2, 0) is 20.7 Å². The molecule has 9 nitrogen and oxygen atoms in total. The summed E-state index contributed by atoms with van der Waals surface area (Å²) < 4.78 is 25.4. The van der Waals surface area contributed by atoms with Crippen LogP contribution < -0.4 is 19.5 Å². The molecular weight excluding hydrogens is 406 g/mol. The summed E-state index contributed by atoms with van der Waals surface area (Å²) in [5, 5.41) is 2.66. The van der Waals surface area contributed by atoms with Gasteiger partial charge in [-0.15, -0.1) is 0 Å². The third-order valence-corrected chi connectivity index (χ3v) is 4.49. The fourth-order valence-corrected chi connectivity index (χ4v) is 2.93. The monoisotopic (exact) mass is 431 g/mol. The molecule has 2 aromatic rings. The zero-order valence-electron chi connectivity index (χ0n) is 18.1. The van der Waals surface area contributed by atoms with Crippen molar-refractivity contribution in [1.82, 2.24) is 0 Å². The summed E-state index contributed by atoms with van der Waals surface area (Å²) in [5.74, 6) is -0.172. The third kappa shape index (κ3) is 5.65. The minimum atomic E-state index is -0.642. The Morgan fingerprint density at radius 2 is 1.42 bits per heavy atom. The Morgan fingerprint density at radius 3 is 1.94 bits per heavy atom. The topological polar surface area (TPSA) is 109 Å². The van der Waals surface area contributed by atoms with Gasteiger partial charge in [0.2, 0.25) is 11.7 Å². The first kappa shape index (κ1) is 23.5. The van der Waals surface area contributed by atoms with E-state index < -0.39 is 11.9 Å². The molecule has 166 valence electrons. The highest BCUT2D eigenvalue weighted by Gasteiger charge is 2.18. The van der Waals surface area contributed by atoms with Crippen LogP contribution >= 0.6 is 0 Å². The summed E-state index contributed by atoms with van der Waals surface area (Å²) in [7, 11) is 7.00. The van der Waals surface area contributed by atoms with E-state index in [1.165, 1.54) is 53.7 Å². The van der Waals surface area contributed by atoms with Crippen LogP contribution in [0.5, 0.6) is 17.2 Å². The van der Waals surface area contributed by atoms with E-state index in [4.69, 9.17) is 18.9 Å². The van der Waals surface area contributed by atoms with E-state index >= 15 is 0 Å². The van der Waals surface area contributed by atoms with Gasteiger partial charge >= 0.3 is 11.9 Å². The Balaban J connectivity index is 2.21. The first-order valence-electron chi connectivity index (χ1n) is 9.27. The number of benzene rings is 2. The maximum Gasteiger partial charge on any atom is 0.339 e. The quantitative estimate of drug-likeness (QED) is 0.604. The third-order valence-electron chi connectivity index (χ3n) is 4.49. The molecule has 2 rings (SSSR count). The Morgan fingerprint density at radius 1 is 0.806 bits per heavy atom. The summed E-state index contributed by atoms with van der Waals surface area (Å²) in [6.07, 6.45) is 0.467. The van der Waals surface area contributed by atoms with Gasteiger partial charge in [-0.25, -0.2) is 9.59 Å². The smallest absolute Gasteiger partial charge is 0.339 e. The second-order valence-electron chi connectivity index (χ2n) is 6.33. The fraction of sp³-hybridized carbons (Fsp3) is 0.318. The molecule has 1 amide bonds. The molecular formula is C22H25NO8. The highest BCUT2D eigenvalue weighted by molar-refractivity contribution is 6.03. The molecule has 0 aliphatic rings. The molecule has 0 bridgehead atoms. The number of amides is 1. The second kappa shape index (κ2) is 10.9. The van der Waals surface area contributed by atoms with E-state index in [1.807, 2.05) is 0 Å². The summed E-state index contributed by atoms with van der Waals surface area (Å²) in [6, 6.07) is 7.70. The molecule has 0 aliphatic heterocycles. The number of hydrogen-bond acceptors (Lipinski definition) is 8. The van der Waals surface area contributed by atoms with Crippen molar-refractivity contribution < 1.29 is 38.1 Å². The normalized spacial score (nSPS) is 10.1. The van der Waals surface area contributed by atoms with Crippen LogP contribution in [0, 0.1) is 0 Å². The van der Waals surface area contributed by atoms with Gasteiger partial charge in [0.25, 0.3) is 0 Å². The van der Waals surface area contributed by atoms with Gasteiger partial charge in [0, 0.05) is 6.42 Å². The highest BCUT2D eigenvalue weighted by atomic mass is 16.5.